The molecule has 4 aromatic carbocycles. The summed E-state index contributed by atoms with van der Waals surface area (Å²) in [5.41, 5.74) is 1.43. The van der Waals surface area contributed by atoms with Gasteiger partial charge in [0.25, 0.3) is 0 Å². The molecule has 0 N–H and O–H groups in total. The van der Waals surface area contributed by atoms with Crippen LogP contribution in [0.25, 0.3) is 21.5 Å². The van der Waals surface area contributed by atoms with Crippen molar-refractivity contribution >= 4 is 33.3 Å². The third-order valence-corrected chi connectivity index (χ3v) is 5.05. The molecule has 0 amide bonds. The first-order valence-corrected chi connectivity index (χ1v) is 8.47. The van der Waals surface area contributed by atoms with E-state index in [9.17, 15) is 0 Å². The van der Waals surface area contributed by atoms with Crippen molar-refractivity contribution in [2.75, 3.05) is 0 Å². The number of thioether (sulfide) groups is 1. The van der Waals surface area contributed by atoms with Gasteiger partial charge in [0.2, 0.25) is 0 Å². The summed E-state index contributed by atoms with van der Waals surface area (Å²) in [5, 5.41) is 5.38. The summed E-state index contributed by atoms with van der Waals surface area (Å²) < 4.78 is 0. The second-order valence-corrected chi connectivity index (χ2v) is 6.45. The van der Waals surface area contributed by atoms with Gasteiger partial charge in [-0.3, -0.25) is 0 Å². The Morgan fingerprint density at radius 3 is 1.77 bits per heavy atom. The molecule has 1 heteroatoms. The van der Waals surface area contributed by atoms with Crippen LogP contribution >= 0.6 is 11.8 Å². The summed E-state index contributed by atoms with van der Waals surface area (Å²) in [6, 6.07) is 30.3. The average Bonchev–Trinajstić information content (AvgIpc) is 2.59. The highest BCUT2D eigenvalue weighted by atomic mass is 32.2. The van der Waals surface area contributed by atoms with Crippen molar-refractivity contribution in [3.8, 4) is 0 Å². The lowest BCUT2D eigenvalue weighted by Gasteiger charge is -2.11. The van der Waals surface area contributed by atoms with Crippen LogP contribution in [0.5, 0.6) is 0 Å². The Morgan fingerprint density at radius 2 is 1.14 bits per heavy atom. The van der Waals surface area contributed by atoms with Crippen LogP contribution in [0.2, 0.25) is 0 Å². The predicted octanol–water partition coefficient (Wildman–Crippen LogP) is 6.29. The molecule has 4 rings (SSSR count). The molecule has 0 radical (unpaired) electrons. The minimum atomic E-state index is 0.992. The van der Waals surface area contributed by atoms with Gasteiger partial charge in [0.15, 0.2) is 0 Å². The molecule has 0 heterocycles. The summed E-state index contributed by atoms with van der Waals surface area (Å²) in [4.78, 5) is 1.32. The van der Waals surface area contributed by atoms with E-state index in [1.807, 2.05) is 11.8 Å². The van der Waals surface area contributed by atoms with Crippen molar-refractivity contribution in [3.63, 3.8) is 0 Å². The second-order valence-electron chi connectivity index (χ2n) is 5.40. The number of hydrogen-bond donors (Lipinski definition) is 0. The third-order valence-electron chi connectivity index (χ3n) is 4.01. The van der Waals surface area contributed by atoms with Crippen LogP contribution in [-0.2, 0) is 5.75 Å². The average molecular weight is 300 g/mol. The van der Waals surface area contributed by atoms with E-state index >= 15 is 0 Å². The number of hydrogen-bond acceptors (Lipinski definition) is 1. The number of fused-ring (bicyclic) bond motifs is 2. The van der Waals surface area contributed by atoms with Crippen molar-refractivity contribution in [1.82, 2.24) is 0 Å². The molecule has 0 saturated heterocycles. The Morgan fingerprint density at radius 1 is 0.591 bits per heavy atom. The molecule has 0 atom stereocenters. The minimum Gasteiger partial charge on any atom is -0.121 e. The largest absolute Gasteiger partial charge is 0.121 e. The van der Waals surface area contributed by atoms with E-state index in [4.69, 9.17) is 0 Å². The molecule has 0 aliphatic rings. The van der Waals surface area contributed by atoms with Gasteiger partial charge in [-0.2, -0.15) is 0 Å². The first kappa shape index (κ1) is 13.4. The Hall–Kier alpha value is -2.25. The smallest absolute Gasteiger partial charge is 0.0244 e. The highest BCUT2D eigenvalue weighted by Gasteiger charge is 2.07. The van der Waals surface area contributed by atoms with E-state index in [0.717, 1.165) is 5.75 Å². The van der Waals surface area contributed by atoms with Crippen LogP contribution in [0, 0.1) is 0 Å². The predicted molar refractivity (Wildman–Crippen MR) is 97.5 cm³/mol. The van der Waals surface area contributed by atoms with Crippen LogP contribution in [-0.4, -0.2) is 0 Å². The molecular weight excluding hydrogens is 284 g/mol. The van der Waals surface area contributed by atoms with Gasteiger partial charge < -0.3 is 0 Å². The molecule has 0 fully saturated rings. The van der Waals surface area contributed by atoms with Crippen LogP contribution in [0.1, 0.15) is 5.56 Å². The van der Waals surface area contributed by atoms with E-state index in [0.29, 0.717) is 0 Å². The Balaban J connectivity index is 1.85. The molecule has 22 heavy (non-hydrogen) atoms. The molecule has 0 aromatic heterocycles. The molecule has 0 nitrogen and oxygen atoms in total. The molecule has 0 saturated carbocycles. The van der Waals surface area contributed by atoms with Crippen LogP contribution in [0.3, 0.4) is 0 Å². The zero-order valence-corrected chi connectivity index (χ0v) is 13.0. The zero-order chi connectivity index (χ0) is 14.8. The van der Waals surface area contributed by atoms with Crippen molar-refractivity contribution in [2.45, 2.75) is 10.6 Å². The van der Waals surface area contributed by atoms with E-state index < -0.39 is 0 Å². The lowest BCUT2D eigenvalue weighted by molar-refractivity contribution is 1.42. The molecular formula is C21H16S. The number of rotatable bonds is 3. The molecule has 0 unspecified atom stereocenters. The fourth-order valence-electron chi connectivity index (χ4n) is 2.94. The summed E-state index contributed by atoms with van der Waals surface area (Å²) >= 11 is 1.90. The maximum atomic E-state index is 2.29. The van der Waals surface area contributed by atoms with Gasteiger partial charge in [0.1, 0.15) is 0 Å². The summed E-state index contributed by atoms with van der Waals surface area (Å²) in [6.07, 6.45) is 0. The van der Waals surface area contributed by atoms with Gasteiger partial charge in [-0.05, 0) is 45.3 Å². The van der Waals surface area contributed by atoms with Crippen molar-refractivity contribution in [2.24, 2.45) is 0 Å². The lowest BCUT2D eigenvalue weighted by atomic mass is 9.98. The van der Waals surface area contributed by atoms with Gasteiger partial charge in [-0.15, -0.1) is 11.8 Å². The highest BCUT2D eigenvalue weighted by Crippen LogP contribution is 2.33. The molecule has 0 bridgehead atoms. The highest BCUT2D eigenvalue weighted by molar-refractivity contribution is 7.98. The maximum absolute atomic E-state index is 2.29. The summed E-state index contributed by atoms with van der Waals surface area (Å²) in [5.74, 6) is 0.992. The normalized spacial score (nSPS) is 11.1. The number of benzene rings is 4. The third kappa shape index (κ3) is 2.49. The Bertz CT molecular complexity index is 872. The summed E-state index contributed by atoms with van der Waals surface area (Å²) in [6.45, 7) is 0. The molecule has 106 valence electrons. The van der Waals surface area contributed by atoms with Gasteiger partial charge in [0, 0.05) is 10.6 Å². The molecule has 0 spiro atoms. The fraction of sp³-hybridized carbons (Fsp3) is 0.0476. The second kappa shape index (κ2) is 5.86. The Kier molecular flexibility index (Phi) is 3.57. The monoisotopic (exact) mass is 300 g/mol. The van der Waals surface area contributed by atoms with Crippen LogP contribution < -0.4 is 0 Å². The maximum Gasteiger partial charge on any atom is 0.0244 e. The van der Waals surface area contributed by atoms with E-state index in [2.05, 4.69) is 84.9 Å². The Labute approximate surface area is 134 Å². The first-order valence-electron chi connectivity index (χ1n) is 7.49. The van der Waals surface area contributed by atoms with Gasteiger partial charge in [0.05, 0.1) is 0 Å². The van der Waals surface area contributed by atoms with Gasteiger partial charge in [-0.1, -0.05) is 66.7 Å². The van der Waals surface area contributed by atoms with Gasteiger partial charge in [-0.25, -0.2) is 0 Å². The van der Waals surface area contributed by atoms with E-state index in [1.165, 1.54) is 32.0 Å². The van der Waals surface area contributed by atoms with E-state index in [1.54, 1.807) is 0 Å². The first-order chi connectivity index (χ1) is 10.9. The fourth-order valence-corrected chi connectivity index (χ4v) is 3.91. The molecule has 0 aliphatic carbocycles. The zero-order valence-electron chi connectivity index (χ0n) is 12.2. The summed E-state index contributed by atoms with van der Waals surface area (Å²) in [7, 11) is 0. The van der Waals surface area contributed by atoms with Crippen molar-refractivity contribution < 1.29 is 0 Å². The lowest BCUT2D eigenvalue weighted by Crippen LogP contribution is -1.88. The van der Waals surface area contributed by atoms with Gasteiger partial charge >= 0.3 is 0 Å². The van der Waals surface area contributed by atoms with Crippen molar-refractivity contribution in [1.29, 1.82) is 0 Å². The standard InChI is InChI=1S/C21H16S/c1-2-10-18(11-3-1)22-15-21-19-12-6-4-8-16(19)14-17-9-5-7-13-20(17)21/h1-14H,15H2. The topological polar surface area (TPSA) is 0 Å². The van der Waals surface area contributed by atoms with Crippen LogP contribution in [0.4, 0.5) is 0 Å². The molecule has 0 aliphatic heterocycles. The van der Waals surface area contributed by atoms with E-state index in [-0.39, 0.29) is 0 Å². The van der Waals surface area contributed by atoms with Crippen LogP contribution in [0.15, 0.2) is 89.8 Å². The van der Waals surface area contributed by atoms with Crippen molar-refractivity contribution in [3.05, 3.63) is 90.5 Å². The quantitative estimate of drug-likeness (QED) is 0.317. The molecule has 4 aromatic rings. The minimum absolute atomic E-state index is 0.992. The SMILES string of the molecule is c1ccc(SCc2c3ccccc3cc3ccccc23)cc1.